The van der Waals surface area contributed by atoms with E-state index in [-0.39, 0.29) is 5.91 Å². The standard InChI is InChI=1S/C11H11N3O/c1-8-3-2-4-9(7-8)14-11(15)10-12-5-6-13-10/h2-7H,1H3,(H,12,13)(H,14,15). The first-order valence-electron chi connectivity index (χ1n) is 4.63. The number of benzene rings is 1. The lowest BCUT2D eigenvalue weighted by molar-refractivity contribution is 0.101. The molecule has 0 aliphatic heterocycles. The predicted molar refractivity (Wildman–Crippen MR) is 57.7 cm³/mol. The number of nitrogens with one attached hydrogen (secondary N) is 2. The number of aromatic amines is 1. The van der Waals surface area contributed by atoms with Gasteiger partial charge < -0.3 is 10.3 Å². The molecule has 0 unspecified atom stereocenters. The molecule has 2 rings (SSSR count). The third-order valence-corrected chi connectivity index (χ3v) is 1.99. The molecular formula is C11H11N3O. The molecule has 1 aromatic heterocycles. The lowest BCUT2D eigenvalue weighted by atomic mass is 10.2. The first-order chi connectivity index (χ1) is 7.25. The van der Waals surface area contributed by atoms with Crippen molar-refractivity contribution in [2.75, 3.05) is 5.32 Å². The number of carbonyl (C=O) groups excluding carboxylic acids is 1. The Morgan fingerprint density at radius 2 is 2.33 bits per heavy atom. The van der Waals surface area contributed by atoms with Gasteiger partial charge in [-0.2, -0.15) is 0 Å². The Bertz CT molecular complexity index is 462. The van der Waals surface area contributed by atoms with E-state index in [1.54, 1.807) is 12.4 Å². The van der Waals surface area contributed by atoms with Crippen molar-refractivity contribution in [1.29, 1.82) is 0 Å². The van der Waals surface area contributed by atoms with Gasteiger partial charge in [0.25, 0.3) is 5.91 Å². The summed E-state index contributed by atoms with van der Waals surface area (Å²) in [6, 6.07) is 7.62. The fourth-order valence-electron chi connectivity index (χ4n) is 1.30. The predicted octanol–water partition coefficient (Wildman–Crippen LogP) is 1.97. The van der Waals surface area contributed by atoms with Crippen LogP contribution in [0.4, 0.5) is 5.69 Å². The molecule has 2 aromatic rings. The van der Waals surface area contributed by atoms with E-state index in [0.29, 0.717) is 5.82 Å². The van der Waals surface area contributed by atoms with Gasteiger partial charge in [-0.1, -0.05) is 12.1 Å². The Kier molecular flexibility index (Phi) is 2.49. The lowest BCUT2D eigenvalue weighted by Crippen LogP contribution is -2.13. The fourth-order valence-corrected chi connectivity index (χ4v) is 1.30. The number of hydrogen-bond donors (Lipinski definition) is 2. The molecule has 0 bridgehead atoms. The summed E-state index contributed by atoms with van der Waals surface area (Å²) in [6.45, 7) is 1.97. The minimum atomic E-state index is -0.231. The molecule has 76 valence electrons. The van der Waals surface area contributed by atoms with Gasteiger partial charge in [0.1, 0.15) is 0 Å². The van der Waals surface area contributed by atoms with Crippen LogP contribution in [0.1, 0.15) is 16.2 Å². The van der Waals surface area contributed by atoms with Gasteiger partial charge in [-0.15, -0.1) is 0 Å². The molecule has 1 amide bonds. The van der Waals surface area contributed by atoms with Gasteiger partial charge in [-0.25, -0.2) is 4.98 Å². The number of amides is 1. The molecule has 0 saturated heterocycles. The third-order valence-electron chi connectivity index (χ3n) is 1.99. The van der Waals surface area contributed by atoms with Crippen molar-refractivity contribution in [3.8, 4) is 0 Å². The number of rotatable bonds is 2. The largest absolute Gasteiger partial charge is 0.341 e. The average molecular weight is 201 g/mol. The van der Waals surface area contributed by atoms with E-state index in [9.17, 15) is 4.79 Å². The maximum Gasteiger partial charge on any atom is 0.291 e. The van der Waals surface area contributed by atoms with Crippen molar-refractivity contribution in [2.24, 2.45) is 0 Å². The van der Waals surface area contributed by atoms with Crippen molar-refractivity contribution in [2.45, 2.75) is 6.92 Å². The number of H-pyrrole nitrogens is 1. The Morgan fingerprint density at radius 3 is 3.00 bits per heavy atom. The molecule has 0 radical (unpaired) electrons. The highest BCUT2D eigenvalue weighted by Crippen LogP contribution is 2.10. The van der Waals surface area contributed by atoms with Gasteiger partial charge in [0.15, 0.2) is 5.82 Å². The molecule has 0 spiro atoms. The Morgan fingerprint density at radius 1 is 1.47 bits per heavy atom. The Hall–Kier alpha value is -2.10. The van der Waals surface area contributed by atoms with Crippen molar-refractivity contribution in [1.82, 2.24) is 9.97 Å². The van der Waals surface area contributed by atoms with Gasteiger partial charge in [0, 0.05) is 18.1 Å². The average Bonchev–Trinajstić information content (AvgIpc) is 2.70. The lowest BCUT2D eigenvalue weighted by Gasteiger charge is -2.03. The van der Waals surface area contributed by atoms with E-state index in [1.807, 2.05) is 31.2 Å². The van der Waals surface area contributed by atoms with Crippen LogP contribution in [0.3, 0.4) is 0 Å². The number of nitrogens with zero attached hydrogens (tertiary/aromatic N) is 1. The smallest absolute Gasteiger partial charge is 0.291 e. The number of imidazole rings is 1. The fraction of sp³-hybridized carbons (Fsp3) is 0.0909. The molecule has 15 heavy (non-hydrogen) atoms. The molecule has 1 heterocycles. The van der Waals surface area contributed by atoms with Gasteiger partial charge in [0.2, 0.25) is 0 Å². The van der Waals surface area contributed by atoms with Crippen LogP contribution in [0.2, 0.25) is 0 Å². The third kappa shape index (κ3) is 2.22. The van der Waals surface area contributed by atoms with Crippen LogP contribution in [-0.2, 0) is 0 Å². The van der Waals surface area contributed by atoms with Gasteiger partial charge in [-0.05, 0) is 24.6 Å². The SMILES string of the molecule is Cc1cccc(NC(=O)c2ncc[nH]2)c1. The van der Waals surface area contributed by atoms with Crippen molar-refractivity contribution < 1.29 is 4.79 Å². The van der Waals surface area contributed by atoms with Crippen LogP contribution in [0.15, 0.2) is 36.7 Å². The Labute approximate surface area is 87.4 Å². The molecule has 4 nitrogen and oxygen atoms in total. The maximum absolute atomic E-state index is 11.6. The molecule has 0 saturated carbocycles. The van der Waals surface area contributed by atoms with E-state index in [1.165, 1.54) is 0 Å². The van der Waals surface area contributed by atoms with Crippen LogP contribution in [0.25, 0.3) is 0 Å². The van der Waals surface area contributed by atoms with Crippen LogP contribution in [0, 0.1) is 6.92 Å². The highest BCUT2D eigenvalue weighted by molar-refractivity contribution is 6.01. The van der Waals surface area contributed by atoms with E-state index < -0.39 is 0 Å². The summed E-state index contributed by atoms with van der Waals surface area (Å²) >= 11 is 0. The number of aryl methyl sites for hydroxylation is 1. The maximum atomic E-state index is 11.6. The minimum Gasteiger partial charge on any atom is -0.341 e. The van der Waals surface area contributed by atoms with Crippen LogP contribution < -0.4 is 5.32 Å². The number of carbonyl (C=O) groups is 1. The number of hydrogen-bond acceptors (Lipinski definition) is 2. The molecule has 0 fully saturated rings. The summed E-state index contributed by atoms with van der Waals surface area (Å²) in [6.07, 6.45) is 3.16. The van der Waals surface area contributed by atoms with Crippen LogP contribution in [0.5, 0.6) is 0 Å². The first-order valence-corrected chi connectivity index (χ1v) is 4.63. The van der Waals surface area contributed by atoms with Crippen LogP contribution in [-0.4, -0.2) is 15.9 Å². The minimum absolute atomic E-state index is 0.231. The highest BCUT2D eigenvalue weighted by atomic mass is 16.2. The quantitative estimate of drug-likeness (QED) is 0.780. The Balaban J connectivity index is 2.13. The highest BCUT2D eigenvalue weighted by Gasteiger charge is 2.07. The van der Waals surface area contributed by atoms with E-state index in [0.717, 1.165) is 11.3 Å². The summed E-state index contributed by atoms with van der Waals surface area (Å²) in [7, 11) is 0. The zero-order valence-corrected chi connectivity index (χ0v) is 8.32. The summed E-state index contributed by atoms with van der Waals surface area (Å²) < 4.78 is 0. The molecule has 0 atom stereocenters. The van der Waals surface area contributed by atoms with Gasteiger partial charge in [0.05, 0.1) is 0 Å². The summed E-state index contributed by atoms with van der Waals surface area (Å²) in [4.78, 5) is 18.2. The summed E-state index contributed by atoms with van der Waals surface area (Å²) in [5.74, 6) is 0.0853. The second-order valence-electron chi connectivity index (χ2n) is 3.26. The monoisotopic (exact) mass is 201 g/mol. The molecular weight excluding hydrogens is 190 g/mol. The normalized spacial score (nSPS) is 9.93. The molecule has 2 N–H and O–H groups in total. The van der Waals surface area contributed by atoms with Gasteiger partial charge in [-0.3, -0.25) is 4.79 Å². The molecule has 1 aromatic carbocycles. The topological polar surface area (TPSA) is 57.8 Å². The number of aromatic nitrogens is 2. The van der Waals surface area contributed by atoms with Gasteiger partial charge >= 0.3 is 0 Å². The molecule has 4 heteroatoms. The zero-order chi connectivity index (χ0) is 10.7. The van der Waals surface area contributed by atoms with Crippen molar-refractivity contribution in [3.05, 3.63) is 48.0 Å². The molecule has 0 aliphatic carbocycles. The van der Waals surface area contributed by atoms with E-state index in [4.69, 9.17) is 0 Å². The number of anilines is 1. The van der Waals surface area contributed by atoms with Crippen LogP contribution >= 0.6 is 0 Å². The van der Waals surface area contributed by atoms with Crippen molar-refractivity contribution in [3.63, 3.8) is 0 Å². The van der Waals surface area contributed by atoms with E-state index in [2.05, 4.69) is 15.3 Å². The van der Waals surface area contributed by atoms with E-state index >= 15 is 0 Å². The second-order valence-corrected chi connectivity index (χ2v) is 3.26. The van der Waals surface area contributed by atoms with Crippen molar-refractivity contribution >= 4 is 11.6 Å². The molecule has 0 aliphatic rings. The second kappa shape index (κ2) is 3.96. The zero-order valence-electron chi connectivity index (χ0n) is 8.32. The summed E-state index contributed by atoms with van der Waals surface area (Å²) in [5, 5.41) is 2.75. The first kappa shape index (κ1) is 9.45. The summed E-state index contributed by atoms with van der Waals surface area (Å²) in [5.41, 5.74) is 1.88.